The van der Waals surface area contributed by atoms with Crippen molar-refractivity contribution in [3.05, 3.63) is 28.2 Å². The molecule has 0 saturated carbocycles. The molecule has 0 radical (unpaired) electrons. The zero-order valence-corrected chi connectivity index (χ0v) is 13.7. The highest BCUT2D eigenvalue weighted by molar-refractivity contribution is 9.10. The normalized spacial score (nSPS) is 12.3. The molecule has 0 heterocycles. The molecule has 4 heteroatoms. The molecule has 0 spiro atoms. The lowest BCUT2D eigenvalue weighted by molar-refractivity contribution is -0.122. The number of halogens is 1. The number of anilines is 1. The number of nitrogens with one attached hydrogen (secondary N) is 2. The van der Waals surface area contributed by atoms with E-state index in [1.165, 1.54) is 5.56 Å². The second-order valence-electron chi connectivity index (χ2n) is 4.87. The van der Waals surface area contributed by atoms with Crippen molar-refractivity contribution in [2.24, 2.45) is 0 Å². The van der Waals surface area contributed by atoms with E-state index >= 15 is 0 Å². The Kier molecular flexibility index (Phi) is 6.35. The Morgan fingerprint density at radius 3 is 2.47 bits per heavy atom. The second-order valence-corrected chi connectivity index (χ2v) is 5.73. The highest BCUT2D eigenvalue weighted by Gasteiger charge is 2.16. The van der Waals surface area contributed by atoms with E-state index in [-0.39, 0.29) is 18.0 Å². The Hall–Kier alpha value is -1.03. The van der Waals surface area contributed by atoms with Crippen molar-refractivity contribution >= 4 is 27.5 Å². The predicted molar refractivity (Wildman–Crippen MR) is 84.5 cm³/mol. The summed E-state index contributed by atoms with van der Waals surface area (Å²) in [5, 5.41) is 6.28. The fourth-order valence-corrected chi connectivity index (χ4v) is 2.46. The number of aryl methyl sites for hydroxylation is 1. The molecule has 1 amide bonds. The molecule has 0 saturated heterocycles. The van der Waals surface area contributed by atoms with E-state index < -0.39 is 0 Å². The summed E-state index contributed by atoms with van der Waals surface area (Å²) in [6.45, 7) is 8.09. The molecule has 2 N–H and O–H groups in total. The minimum Gasteiger partial charge on any atom is -0.373 e. The van der Waals surface area contributed by atoms with Crippen LogP contribution in [0.5, 0.6) is 0 Å². The van der Waals surface area contributed by atoms with E-state index in [2.05, 4.69) is 40.4 Å². The fourth-order valence-electron chi connectivity index (χ4n) is 1.85. The van der Waals surface area contributed by atoms with Crippen molar-refractivity contribution in [2.75, 3.05) is 5.32 Å². The fraction of sp³-hybridized carbons (Fsp3) is 0.533. The molecule has 106 valence electrons. The molecular weight excluding hydrogens is 304 g/mol. The van der Waals surface area contributed by atoms with Crippen LogP contribution in [-0.2, 0) is 4.79 Å². The smallest absolute Gasteiger partial charge is 0.242 e. The predicted octanol–water partition coefficient (Wildman–Crippen LogP) is 3.86. The van der Waals surface area contributed by atoms with E-state index in [0.29, 0.717) is 0 Å². The minimum atomic E-state index is -0.250. The van der Waals surface area contributed by atoms with Crippen LogP contribution < -0.4 is 10.6 Å². The number of hydrogen-bond donors (Lipinski definition) is 2. The first-order valence-electron chi connectivity index (χ1n) is 6.81. The molecule has 0 aliphatic rings. The number of carbonyl (C=O) groups is 1. The summed E-state index contributed by atoms with van der Waals surface area (Å²) in [4.78, 5) is 12.1. The third-order valence-corrected chi connectivity index (χ3v) is 3.88. The van der Waals surface area contributed by atoms with Gasteiger partial charge in [0.1, 0.15) is 6.04 Å². The molecule has 0 fully saturated rings. The van der Waals surface area contributed by atoms with Crippen molar-refractivity contribution in [1.82, 2.24) is 5.32 Å². The van der Waals surface area contributed by atoms with Crippen LogP contribution in [0.3, 0.4) is 0 Å². The van der Waals surface area contributed by atoms with Crippen molar-refractivity contribution in [3.8, 4) is 0 Å². The van der Waals surface area contributed by atoms with Crippen LogP contribution in [0.2, 0.25) is 0 Å². The lowest BCUT2D eigenvalue weighted by Gasteiger charge is -2.20. The van der Waals surface area contributed by atoms with Gasteiger partial charge in [-0.05, 0) is 60.3 Å². The summed E-state index contributed by atoms with van der Waals surface area (Å²) >= 11 is 3.51. The quantitative estimate of drug-likeness (QED) is 0.833. The van der Waals surface area contributed by atoms with Crippen LogP contribution in [-0.4, -0.2) is 18.0 Å². The Labute approximate surface area is 124 Å². The van der Waals surface area contributed by atoms with Gasteiger partial charge in [0.05, 0.1) is 0 Å². The molecule has 1 atom stereocenters. The summed E-state index contributed by atoms with van der Waals surface area (Å²) in [7, 11) is 0. The van der Waals surface area contributed by atoms with Gasteiger partial charge in [-0.15, -0.1) is 0 Å². The highest BCUT2D eigenvalue weighted by Crippen LogP contribution is 2.24. The maximum atomic E-state index is 12.1. The van der Waals surface area contributed by atoms with Gasteiger partial charge in [-0.1, -0.05) is 19.9 Å². The first kappa shape index (κ1) is 16.0. The Morgan fingerprint density at radius 2 is 1.95 bits per heavy atom. The standard InChI is InChI=1S/C15H23BrN2O/c1-5-12(6-2)18-15(19)11(4)17-14-8-7-10(3)9-13(14)16/h7-9,11-12,17H,5-6H2,1-4H3,(H,18,19). The Balaban J connectivity index is 2.63. The molecular formula is C15H23BrN2O. The largest absolute Gasteiger partial charge is 0.373 e. The van der Waals surface area contributed by atoms with Crippen LogP contribution in [0, 0.1) is 6.92 Å². The zero-order chi connectivity index (χ0) is 14.4. The number of hydrogen-bond acceptors (Lipinski definition) is 2. The van der Waals surface area contributed by atoms with Gasteiger partial charge in [0, 0.05) is 16.2 Å². The molecule has 0 aliphatic heterocycles. The third-order valence-electron chi connectivity index (χ3n) is 3.22. The summed E-state index contributed by atoms with van der Waals surface area (Å²) < 4.78 is 0.981. The lowest BCUT2D eigenvalue weighted by Crippen LogP contribution is -2.42. The topological polar surface area (TPSA) is 41.1 Å². The summed E-state index contributed by atoms with van der Waals surface area (Å²) in [6.07, 6.45) is 1.92. The van der Waals surface area contributed by atoms with Gasteiger partial charge in [0.25, 0.3) is 0 Å². The molecule has 3 nitrogen and oxygen atoms in total. The maximum absolute atomic E-state index is 12.1. The average Bonchev–Trinajstić information content (AvgIpc) is 2.38. The van der Waals surface area contributed by atoms with E-state index in [0.717, 1.165) is 23.0 Å². The average molecular weight is 327 g/mol. The zero-order valence-electron chi connectivity index (χ0n) is 12.1. The Morgan fingerprint density at radius 1 is 1.32 bits per heavy atom. The minimum absolute atomic E-state index is 0.0428. The molecule has 1 rings (SSSR count). The molecule has 1 aromatic carbocycles. The number of carbonyl (C=O) groups excluding carboxylic acids is 1. The number of benzene rings is 1. The van der Waals surface area contributed by atoms with Gasteiger partial charge in [-0.3, -0.25) is 4.79 Å². The maximum Gasteiger partial charge on any atom is 0.242 e. The SMILES string of the molecule is CCC(CC)NC(=O)C(C)Nc1ccc(C)cc1Br. The monoisotopic (exact) mass is 326 g/mol. The molecule has 1 aromatic rings. The van der Waals surface area contributed by atoms with Crippen LogP contribution in [0.25, 0.3) is 0 Å². The number of rotatable bonds is 6. The Bertz CT molecular complexity index is 430. The van der Waals surface area contributed by atoms with Crippen molar-refractivity contribution in [1.29, 1.82) is 0 Å². The van der Waals surface area contributed by atoms with E-state index in [4.69, 9.17) is 0 Å². The van der Waals surface area contributed by atoms with Gasteiger partial charge < -0.3 is 10.6 Å². The summed E-state index contributed by atoms with van der Waals surface area (Å²) in [5.41, 5.74) is 2.13. The van der Waals surface area contributed by atoms with Crippen LogP contribution in [0.15, 0.2) is 22.7 Å². The summed E-state index contributed by atoms with van der Waals surface area (Å²) in [6, 6.07) is 6.06. The molecule has 1 unspecified atom stereocenters. The van der Waals surface area contributed by atoms with Crippen molar-refractivity contribution in [2.45, 2.75) is 52.6 Å². The van der Waals surface area contributed by atoms with E-state index in [1.807, 2.05) is 32.0 Å². The van der Waals surface area contributed by atoms with Crippen LogP contribution in [0.1, 0.15) is 39.2 Å². The van der Waals surface area contributed by atoms with Crippen molar-refractivity contribution in [3.63, 3.8) is 0 Å². The van der Waals surface area contributed by atoms with Gasteiger partial charge in [0.15, 0.2) is 0 Å². The number of amides is 1. The lowest BCUT2D eigenvalue weighted by atomic mass is 10.1. The van der Waals surface area contributed by atoms with Crippen molar-refractivity contribution < 1.29 is 4.79 Å². The van der Waals surface area contributed by atoms with Gasteiger partial charge in [-0.2, -0.15) is 0 Å². The molecule has 0 bridgehead atoms. The highest BCUT2D eigenvalue weighted by atomic mass is 79.9. The first-order chi connectivity index (χ1) is 8.97. The second kappa shape index (κ2) is 7.53. The van der Waals surface area contributed by atoms with E-state index in [1.54, 1.807) is 0 Å². The molecule has 0 aromatic heterocycles. The molecule has 19 heavy (non-hydrogen) atoms. The van der Waals surface area contributed by atoms with Gasteiger partial charge >= 0.3 is 0 Å². The van der Waals surface area contributed by atoms with Crippen LogP contribution in [0.4, 0.5) is 5.69 Å². The first-order valence-corrected chi connectivity index (χ1v) is 7.60. The van der Waals surface area contributed by atoms with Gasteiger partial charge in [-0.25, -0.2) is 0 Å². The van der Waals surface area contributed by atoms with Gasteiger partial charge in [0.2, 0.25) is 5.91 Å². The van der Waals surface area contributed by atoms with Crippen LogP contribution >= 0.6 is 15.9 Å². The summed E-state index contributed by atoms with van der Waals surface area (Å²) in [5.74, 6) is 0.0428. The van der Waals surface area contributed by atoms with E-state index in [9.17, 15) is 4.79 Å². The molecule has 0 aliphatic carbocycles. The third kappa shape index (κ3) is 4.86.